The molecule has 7 heteroatoms. The molecule has 1 heterocycles. The van der Waals surface area contributed by atoms with E-state index < -0.39 is 10.0 Å². The number of carbonyl (C=O) groups excluding carboxylic acids is 1. The van der Waals surface area contributed by atoms with Gasteiger partial charge in [-0.15, -0.1) is 0 Å². The Labute approximate surface area is 195 Å². The van der Waals surface area contributed by atoms with Gasteiger partial charge in [0, 0.05) is 5.69 Å². The van der Waals surface area contributed by atoms with Gasteiger partial charge in [0.25, 0.3) is 10.0 Å². The van der Waals surface area contributed by atoms with Crippen LogP contribution >= 0.6 is 0 Å². The zero-order valence-corrected chi connectivity index (χ0v) is 19.7. The van der Waals surface area contributed by atoms with E-state index in [1.54, 1.807) is 36.4 Å². The van der Waals surface area contributed by atoms with E-state index in [4.69, 9.17) is 4.74 Å². The van der Waals surface area contributed by atoms with Crippen molar-refractivity contribution in [1.29, 1.82) is 0 Å². The number of fused-ring (bicyclic) bond motifs is 1. The first-order valence-electron chi connectivity index (χ1n) is 12.0. The molecule has 7 rings (SSSR count). The largest absolute Gasteiger partial charge is 0.487 e. The number of hydrogen-bond acceptors (Lipinski definition) is 4. The van der Waals surface area contributed by atoms with Crippen LogP contribution in [0, 0.1) is 23.2 Å². The summed E-state index contributed by atoms with van der Waals surface area (Å²) in [5.74, 6) is 2.79. The Morgan fingerprint density at radius 2 is 1.58 bits per heavy atom. The van der Waals surface area contributed by atoms with Crippen molar-refractivity contribution in [2.45, 2.75) is 56.4 Å². The second-order valence-corrected chi connectivity index (χ2v) is 12.5. The maximum absolute atomic E-state index is 13.4. The molecule has 0 unspecified atom stereocenters. The molecule has 0 saturated heterocycles. The van der Waals surface area contributed by atoms with Gasteiger partial charge in [0.1, 0.15) is 11.9 Å². The van der Waals surface area contributed by atoms with Crippen molar-refractivity contribution in [3.8, 4) is 5.75 Å². The molecular formula is C26H30N2O4S. The Morgan fingerprint density at radius 3 is 2.21 bits per heavy atom. The van der Waals surface area contributed by atoms with Crippen LogP contribution in [0.25, 0.3) is 0 Å². The molecule has 33 heavy (non-hydrogen) atoms. The Balaban J connectivity index is 1.22. The molecule has 1 amide bonds. The fourth-order valence-corrected chi connectivity index (χ4v) is 8.62. The summed E-state index contributed by atoms with van der Waals surface area (Å²) in [6, 6.07) is 13.8. The van der Waals surface area contributed by atoms with Crippen LogP contribution in [0.5, 0.6) is 5.75 Å². The van der Waals surface area contributed by atoms with Crippen molar-refractivity contribution in [1.82, 2.24) is 0 Å². The van der Waals surface area contributed by atoms with Crippen molar-refractivity contribution in [2.24, 2.45) is 23.2 Å². The summed E-state index contributed by atoms with van der Waals surface area (Å²) >= 11 is 0. The average molecular weight is 467 g/mol. The molecule has 2 aromatic carbocycles. The predicted octanol–water partition coefficient (Wildman–Crippen LogP) is 4.82. The Bertz CT molecular complexity index is 1160. The summed E-state index contributed by atoms with van der Waals surface area (Å²) in [4.78, 5) is 13.5. The van der Waals surface area contributed by atoms with Crippen LogP contribution in [-0.4, -0.2) is 27.0 Å². The van der Waals surface area contributed by atoms with Crippen molar-refractivity contribution >= 4 is 27.3 Å². The van der Waals surface area contributed by atoms with Gasteiger partial charge >= 0.3 is 0 Å². The van der Waals surface area contributed by atoms with E-state index >= 15 is 0 Å². The number of amides is 1. The lowest BCUT2D eigenvalue weighted by Crippen LogP contribution is -2.51. The SMILES string of the molecule is C[C@H]1CN(S(=O)(=O)c2ccc(NC(=O)C34CC5CC(CC(C5)C3)C4)cc2)c2ccccc2O1. The Kier molecular flexibility index (Phi) is 4.77. The van der Waals surface area contributed by atoms with E-state index in [-0.39, 0.29) is 28.9 Å². The normalized spacial score (nSPS) is 32.2. The number of nitrogens with zero attached hydrogens (tertiary/aromatic N) is 1. The van der Waals surface area contributed by atoms with Crippen molar-refractivity contribution in [3.05, 3.63) is 48.5 Å². The molecule has 5 aliphatic rings. The Morgan fingerprint density at radius 1 is 0.970 bits per heavy atom. The number of benzene rings is 2. The molecule has 4 aliphatic carbocycles. The number of sulfonamides is 1. The van der Waals surface area contributed by atoms with Gasteiger partial charge in [0.2, 0.25) is 5.91 Å². The highest BCUT2D eigenvalue weighted by Gasteiger charge is 2.54. The monoisotopic (exact) mass is 466 g/mol. The van der Waals surface area contributed by atoms with Crippen LogP contribution in [0.3, 0.4) is 0 Å². The second kappa shape index (κ2) is 7.49. The third-order valence-electron chi connectivity index (χ3n) is 8.11. The average Bonchev–Trinajstić information content (AvgIpc) is 2.78. The van der Waals surface area contributed by atoms with Gasteiger partial charge in [0.15, 0.2) is 0 Å². The molecular weight excluding hydrogens is 436 g/mol. The number of ether oxygens (including phenoxy) is 1. The Hall–Kier alpha value is -2.54. The predicted molar refractivity (Wildman–Crippen MR) is 127 cm³/mol. The fourth-order valence-electron chi connectivity index (χ4n) is 7.07. The molecule has 6 nitrogen and oxygen atoms in total. The van der Waals surface area contributed by atoms with Crippen molar-refractivity contribution < 1.29 is 17.9 Å². The molecule has 2 aromatic rings. The summed E-state index contributed by atoms with van der Waals surface area (Å²) in [5.41, 5.74) is 0.980. The van der Waals surface area contributed by atoms with E-state index in [0.29, 0.717) is 34.9 Å². The molecule has 1 N–H and O–H groups in total. The third-order valence-corrected chi connectivity index (χ3v) is 9.90. The van der Waals surface area contributed by atoms with E-state index in [1.165, 1.54) is 23.6 Å². The highest BCUT2D eigenvalue weighted by Crippen LogP contribution is 2.60. The van der Waals surface area contributed by atoms with Crippen LogP contribution < -0.4 is 14.4 Å². The summed E-state index contributed by atoms with van der Waals surface area (Å²) in [7, 11) is -3.75. The first kappa shape index (κ1) is 21.0. The van der Waals surface area contributed by atoms with Crippen LogP contribution in [0.4, 0.5) is 11.4 Å². The van der Waals surface area contributed by atoms with Crippen LogP contribution in [0.2, 0.25) is 0 Å². The molecule has 1 atom stereocenters. The zero-order chi connectivity index (χ0) is 22.8. The second-order valence-electron chi connectivity index (χ2n) is 10.6. The van der Waals surface area contributed by atoms with Gasteiger partial charge in [-0.3, -0.25) is 9.10 Å². The summed E-state index contributed by atoms with van der Waals surface area (Å²) < 4.78 is 34.1. The molecule has 4 fully saturated rings. The standard InChI is InChI=1S/C26H30N2O4S/c1-17-16-28(23-4-2-3-5-24(23)32-17)33(30,31)22-8-6-21(7-9-22)27-25(29)26-13-18-10-19(14-26)12-20(11-18)15-26/h2-9,17-20H,10-16H2,1H3,(H,27,29)/t17-,18?,19?,20?,26?/m0/s1. The molecule has 174 valence electrons. The number of nitrogens with one attached hydrogen (secondary N) is 1. The minimum Gasteiger partial charge on any atom is -0.487 e. The highest BCUT2D eigenvalue weighted by atomic mass is 32.2. The number of carbonyl (C=O) groups is 1. The smallest absolute Gasteiger partial charge is 0.264 e. The van der Waals surface area contributed by atoms with Gasteiger partial charge in [-0.25, -0.2) is 8.42 Å². The third kappa shape index (κ3) is 3.52. The maximum atomic E-state index is 13.4. The van der Waals surface area contributed by atoms with Gasteiger partial charge in [-0.2, -0.15) is 0 Å². The lowest BCUT2D eigenvalue weighted by atomic mass is 9.49. The summed E-state index contributed by atoms with van der Waals surface area (Å²) in [5, 5.41) is 3.11. The number of hydrogen-bond donors (Lipinski definition) is 1. The quantitative estimate of drug-likeness (QED) is 0.701. The van der Waals surface area contributed by atoms with Gasteiger partial charge in [0.05, 0.1) is 22.5 Å². The van der Waals surface area contributed by atoms with E-state index in [2.05, 4.69) is 5.32 Å². The summed E-state index contributed by atoms with van der Waals surface area (Å²) in [6.45, 7) is 2.12. The van der Waals surface area contributed by atoms with Crippen LogP contribution in [0.15, 0.2) is 53.4 Å². The molecule has 4 bridgehead atoms. The highest BCUT2D eigenvalue weighted by molar-refractivity contribution is 7.92. The van der Waals surface area contributed by atoms with Gasteiger partial charge < -0.3 is 10.1 Å². The topological polar surface area (TPSA) is 75.7 Å². The van der Waals surface area contributed by atoms with E-state index in [1.807, 2.05) is 19.1 Å². The summed E-state index contributed by atoms with van der Waals surface area (Å²) in [6.07, 6.45) is 6.66. The van der Waals surface area contributed by atoms with Crippen molar-refractivity contribution in [2.75, 3.05) is 16.2 Å². The van der Waals surface area contributed by atoms with Crippen LogP contribution in [0.1, 0.15) is 45.4 Å². The first-order chi connectivity index (χ1) is 15.8. The lowest BCUT2D eigenvalue weighted by Gasteiger charge is -2.55. The molecule has 0 aromatic heterocycles. The molecule has 0 spiro atoms. The minimum atomic E-state index is -3.75. The molecule has 1 aliphatic heterocycles. The van der Waals surface area contributed by atoms with E-state index in [9.17, 15) is 13.2 Å². The van der Waals surface area contributed by atoms with Gasteiger partial charge in [-0.1, -0.05) is 12.1 Å². The number of anilines is 2. The number of rotatable bonds is 4. The van der Waals surface area contributed by atoms with Crippen molar-refractivity contribution in [3.63, 3.8) is 0 Å². The fraction of sp³-hybridized carbons (Fsp3) is 0.500. The molecule has 0 radical (unpaired) electrons. The lowest BCUT2D eigenvalue weighted by molar-refractivity contribution is -0.140. The van der Waals surface area contributed by atoms with Gasteiger partial charge in [-0.05, 0) is 99.6 Å². The first-order valence-corrected chi connectivity index (χ1v) is 13.5. The zero-order valence-electron chi connectivity index (χ0n) is 18.9. The van der Waals surface area contributed by atoms with Crippen LogP contribution in [-0.2, 0) is 14.8 Å². The number of para-hydroxylation sites is 2. The van der Waals surface area contributed by atoms with E-state index in [0.717, 1.165) is 19.3 Å². The minimum absolute atomic E-state index is 0.119. The molecule has 4 saturated carbocycles. The maximum Gasteiger partial charge on any atom is 0.264 e.